The third-order valence-electron chi connectivity index (χ3n) is 8.28. The summed E-state index contributed by atoms with van der Waals surface area (Å²) in [5.41, 5.74) is 3.90. The van der Waals surface area contributed by atoms with E-state index < -0.39 is 0 Å². The molecule has 7 rings (SSSR count). The van der Waals surface area contributed by atoms with Gasteiger partial charge in [-0.05, 0) is 38.3 Å². The van der Waals surface area contributed by atoms with Crippen LogP contribution in [0.15, 0.2) is 24.5 Å². The molecule has 8 nitrogen and oxygen atoms in total. The monoisotopic (exact) mass is 500 g/mol. The summed E-state index contributed by atoms with van der Waals surface area (Å²) in [6.07, 6.45) is 8.24. The molecule has 3 saturated carbocycles. The van der Waals surface area contributed by atoms with E-state index in [2.05, 4.69) is 37.9 Å². The number of aliphatic hydroxyl groups is 1. The molecule has 2 saturated heterocycles. The van der Waals surface area contributed by atoms with Gasteiger partial charge in [0, 0.05) is 61.9 Å². The van der Waals surface area contributed by atoms with Crippen molar-refractivity contribution in [3.63, 3.8) is 0 Å². The molecule has 2 aliphatic heterocycles. The highest BCUT2D eigenvalue weighted by molar-refractivity contribution is 6.33. The minimum atomic E-state index is 0.0833. The third kappa shape index (κ3) is 4.04. The number of hydrogen-bond acceptors (Lipinski definition) is 7. The van der Waals surface area contributed by atoms with Crippen LogP contribution in [0.3, 0.4) is 0 Å². The molecule has 2 bridgehead atoms. The summed E-state index contributed by atoms with van der Waals surface area (Å²) in [5, 5.41) is 26.2. The number of nitrogens with zero attached hydrogens (tertiary/aromatic N) is 4. The zero-order valence-electron chi connectivity index (χ0n) is 21.0. The summed E-state index contributed by atoms with van der Waals surface area (Å²) in [5.74, 6) is 0. The van der Waals surface area contributed by atoms with Crippen LogP contribution in [0.4, 0.5) is 17.1 Å². The minimum Gasteiger partial charge on any atom is -0.396 e. The number of anilines is 3. The Bertz CT molecular complexity index is 1070. The Morgan fingerprint density at radius 1 is 1.17 bits per heavy atom. The molecule has 35 heavy (non-hydrogen) atoms. The topological polar surface area (TPSA) is 89.6 Å². The molecule has 3 aliphatic carbocycles. The van der Waals surface area contributed by atoms with Crippen LogP contribution in [0.1, 0.15) is 45.6 Å². The fraction of sp³-hybridized carbons (Fsp3) is 0.615. The van der Waals surface area contributed by atoms with Gasteiger partial charge in [0.25, 0.3) is 0 Å². The van der Waals surface area contributed by atoms with Gasteiger partial charge in [0.05, 0.1) is 46.9 Å². The molecule has 9 heteroatoms. The summed E-state index contributed by atoms with van der Waals surface area (Å²) < 4.78 is 7.50. The van der Waals surface area contributed by atoms with Crippen molar-refractivity contribution in [2.45, 2.75) is 51.1 Å². The zero-order chi connectivity index (χ0) is 24.8. The fourth-order valence-electron chi connectivity index (χ4n) is 6.27. The van der Waals surface area contributed by atoms with Crippen LogP contribution in [0.5, 0.6) is 0 Å². The van der Waals surface area contributed by atoms with Gasteiger partial charge in [-0.2, -0.15) is 5.10 Å². The molecule has 0 radical (unpaired) electrons. The summed E-state index contributed by atoms with van der Waals surface area (Å²) in [7, 11) is 0. The van der Waals surface area contributed by atoms with Crippen LogP contribution in [0.25, 0.3) is 0 Å². The molecule has 0 atom stereocenters. The maximum atomic E-state index is 9.54. The van der Waals surface area contributed by atoms with E-state index in [1.165, 1.54) is 6.21 Å². The first-order valence-corrected chi connectivity index (χ1v) is 13.1. The summed E-state index contributed by atoms with van der Waals surface area (Å²) in [4.78, 5) is 4.85. The van der Waals surface area contributed by atoms with E-state index in [1.807, 2.05) is 32.3 Å². The van der Waals surface area contributed by atoms with Gasteiger partial charge in [-0.25, -0.2) is 0 Å². The Kier molecular flexibility index (Phi) is 6.36. The van der Waals surface area contributed by atoms with Gasteiger partial charge < -0.3 is 25.5 Å². The van der Waals surface area contributed by atoms with Crippen molar-refractivity contribution in [2.75, 3.05) is 56.2 Å². The van der Waals surface area contributed by atoms with Gasteiger partial charge in [0.15, 0.2) is 0 Å². The van der Waals surface area contributed by atoms with Crippen molar-refractivity contribution in [1.29, 1.82) is 5.41 Å². The van der Waals surface area contributed by atoms with Crippen LogP contribution in [-0.4, -0.2) is 77.5 Å². The molecule has 5 aliphatic rings. The lowest BCUT2D eigenvalue weighted by atomic mass is 9.40. The van der Waals surface area contributed by atoms with Gasteiger partial charge >= 0.3 is 0 Å². The highest BCUT2D eigenvalue weighted by Crippen LogP contribution is 2.70. The second-order valence-corrected chi connectivity index (χ2v) is 11.1. The lowest BCUT2D eigenvalue weighted by Crippen LogP contribution is -2.69. The molecule has 1 aromatic heterocycles. The van der Waals surface area contributed by atoms with E-state index >= 15 is 0 Å². The minimum absolute atomic E-state index is 0.0833. The molecule has 0 spiro atoms. The first kappa shape index (κ1) is 24.6. The van der Waals surface area contributed by atoms with Crippen LogP contribution in [-0.2, 0) is 10.3 Å². The number of piperazine rings is 1. The number of benzene rings is 1. The zero-order valence-corrected chi connectivity index (χ0v) is 21.7. The van der Waals surface area contributed by atoms with Gasteiger partial charge in [-0.15, -0.1) is 0 Å². The van der Waals surface area contributed by atoms with E-state index in [1.54, 1.807) is 0 Å². The lowest BCUT2D eigenvalue weighted by molar-refractivity contribution is -0.213. The van der Waals surface area contributed by atoms with Crippen LogP contribution in [0, 0.1) is 10.8 Å². The second-order valence-electron chi connectivity index (χ2n) is 10.7. The Morgan fingerprint density at radius 2 is 1.86 bits per heavy atom. The molecule has 0 unspecified atom stereocenters. The van der Waals surface area contributed by atoms with Crippen molar-refractivity contribution < 1.29 is 9.84 Å². The Balaban J connectivity index is 0.00000124. The van der Waals surface area contributed by atoms with Crippen molar-refractivity contribution in [2.24, 2.45) is 5.41 Å². The van der Waals surface area contributed by atoms with E-state index in [-0.39, 0.29) is 23.1 Å². The SMILES string of the molecule is CC.CC1(N2CCN(c3cc(Nc4cnn(C56CC(CO)(C5)C6)c4)c(C=N)cc3Cl)CC2)COC1. The molecule has 5 fully saturated rings. The number of aromatic nitrogens is 2. The Morgan fingerprint density at radius 3 is 2.43 bits per heavy atom. The second kappa shape index (κ2) is 9.07. The van der Waals surface area contributed by atoms with Crippen molar-refractivity contribution in [3.05, 3.63) is 35.1 Å². The number of aliphatic hydroxyl groups excluding tert-OH is 1. The highest BCUT2D eigenvalue weighted by Gasteiger charge is 2.69. The predicted octanol–water partition coefficient (Wildman–Crippen LogP) is 4.09. The van der Waals surface area contributed by atoms with Crippen LogP contribution in [0.2, 0.25) is 5.02 Å². The van der Waals surface area contributed by atoms with Gasteiger partial charge in [0.1, 0.15) is 0 Å². The first-order valence-electron chi connectivity index (χ1n) is 12.7. The number of hydrogen-bond donors (Lipinski definition) is 3. The average Bonchev–Trinajstić information content (AvgIpc) is 3.26. The molecule has 3 heterocycles. The first-order chi connectivity index (χ1) is 16.9. The highest BCUT2D eigenvalue weighted by atomic mass is 35.5. The fourth-order valence-corrected chi connectivity index (χ4v) is 6.56. The van der Waals surface area contributed by atoms with Gasteiger partial charge in [-0.3, -0.25) is 9.58 Å². The third-order valence-corrected chi connectivity index (χ3v) is 8.58. The van der Waals surface area contributed by atoms with Crippen molar-refractivity contribution in [3.8, 4) is 0 Å². The number of rotatable bonds is 7. The van der Waals surface area contributed by atoms with Crippen molar-refractivity contribution >= 4 is 34.9 Å². The van der Waals surface area contributed by atoms with Gasteiger partial charge in [-0.1, -0.05) is 25.4 Å². The Labute approximate surface area is 212 Å². The molecule has 2 aromatic rings. The lowest BCUT2D eigenvalue weighted by Gasteiger charge is -2.69. The standard InChI is InChI=1S/C24H31ClN6O2.C2H6/c1-22(15-33-16-22)30-4-2-29(3-5-30)21-7-20(17(8-26)6-19(21)25)28-18-9-27-31(10-18)24-11-23(12-24,13-24)14-32;1-2/h6-10,26,28,32H,2-5,11-16H2,1H3;1-2H3. The van der Waals surface area contributed by atoms with E-state index in [4.69, 9.17) is 21.7 Å². The predicted molar refractivity (Wildman–Crippen MR) is 141 cm³/mol. The number of halogens is 1. The smallest absolute Gasteiger partial charge is 0.0770 e. The van der Waals surface area contributed by atoms with Crippen LogP contribution >= 0.6 is 11.6 Å². The molecule has 190 valence electrons. The number of nitrogens with one attached hydrogen (secondary N) is 2. The molecular formula is C26H37ClN6O2. The summed E-state index contributed by atoms with van der Waals surface area (Å²) >= 11 is 6.66. The maximum Gasteiger partial charge on any atom is 0.0770 e. The molecule has 1 aromatic carbocycles. The van der Waals surface area contributed by atoms with Crippen molar-refractivity contribution in [1.82, 2.24) is 14.7 Å². The molecule has 0 amide bonds. The molecule has 3 N–H and O–H groups in total. The summed E-state index contributed by atoms with van der Waals surface area (Å²) in [6.45, 7) is 12.0. The van der Waals surface area contributed by atoms with Gasteiger partial charge in [0.2, 0.25) is 0 Å². The Hall–Kier alpha value is -2.13. The maximum absolute atomic E-state index is 9.54. The largest absolute Gasteiger partial charge is 0.396 e. The summed E-state index contributed by atoms with van der Waals surface area (Å²) in [6, 6.07) is 3.93. The average molecular weight is 501 g/mol. The quantitative estimate of drug-likeness (QED) is 0.496. The van der Waals surface area contributed by atoms with E-state index in [9.17, 15) is 5.11 Å². The normalized spacial score (nSPS) is 28.7. The van der Waals surface area contributed by atoms with Crippen LogP contribution < -0.4 is 10.2 Å². The molecular weight excluding hydrogens is 464 g/mol. The van der Waals surface area contributed by atoms with E-state index in [0.29, 0.717) is 5.02 Å². The number of ether oxygens (including phenoxy) is 1. The van der Waals surface area contributed by atoms with E-state index in [0.717, 1.165) is 81.3 Å².